The molecule has 0 unspecified atom stereocenters. The highest BCUT2D eigenvalue weighted by atomic mass is 15.1. The SMILES string of the molecule is Cc1ccc(N(c2ccc(-n3c4ccccc4c4ccccc43)cc2)c2cccc3c2c2ccccc2n3-c2ccc3ccccc3c2)cc1. The predicted octanol–water partition coefficient (Wildman–Crippen LogP) is 12.8. The minimum atomic E-state index is 1.11. The highest BCUT2D eigenvalue weighted by molar-refractivity contribution is 6.17. The number of anilines is 3. The number of fused-ring (bicyclic) bond motifs is 7. The summed E-state index contributed by atoms with van der Waals surface area (Å²) in [6.45, 7) is 2.15. The van der Waals surface area contributed by atoms with Crippen molar-refractivity contribution in [3.63, 3.8) is 0 Å². The molecule has 2 aromatic heterocycles. The van der Waals surface area contributed by atoms with Crippen LogP contribution in [-0.2, 0) is 0 Å². The van der Waals surface area contributed by atoms with Crippen molar-refractivity contribution in [1.82, 2.24) is 9.13 Å². The van der Waals surface area contributed by atoms with Gasteiger partial charge in [-0.3, -0.25) is 0 Å². The van der Waals surface area contributed by atoms with Gasteiger partial charge in [0.05, 0.1) is 27.8 Å². The van der Waals surface area contributed by atoms with E-state index in [1.165, 1.54) is 59.9 Å². The van der Waals surface area contributed by atoms with E-state index in [-0.39, 0.29) is 0 Å². The van der Waals surface area contributed by atoms with Gasteiger partial charge in [0, 0.05) is 44.3 Å². The molecule has 3 nitrogen and oxygen atoms in total. The number of rotatable bonds is 5. The minimum Gasteiger partial charge on any atom is -0.310 e. The zero-order chi connectivity index (χ0) is 33.2. The van der Waals surface area contributed by atoms with E-state index in [2.05, 4.69) is 203 Å². The molecule has 2 heterocycles. The Bertz CT molecular complexity index is 2820. The topological polar surface area (TPSA) is 13.1 Å². The van der Waals surface area contributed by atoms with Crippen LogP contribution >= 0.6 is 0 Å². The molecule has 10 aromatic rings. The zero-order valence-corrected chi connectivity index (χ0v) is 27.7. The third-order valence-corrected chi connectivity index (χ3v) is 10.1. The number of benzene rings is 8. The Morgan fingerprint density at radius 3 is 1.56 bits per heavy atom. The van der Waals surface area contributed by atoms with Crippen LogP contribution in [0.25, 0.3) is 65.8 Å². The van der Waals surface area contributed by atoms with Crippen LogP contribution in [0.4, 0.5) is 17.1 Å². The van der Waals surface area contributed by atoms with Gasteiger partial charge in [-0.2, -0.15) is 0 Å². The van der Waals surface area contributed by atoms with E-state index in [1.807, 2.05) is 0 Å². The van der Waals surface area contributed by atoms with Crippen LogP contribution in [0.2, 0.25) is 0 Å². The first-order valence-corrected chi connectivity index (χ1v) is 17.2. The van der Waals surface area contributed by atoms with Gasteiger partial charge in [-0.15, -0.1) is 0 Å². The lowest BCUT2D eigenvalue weighted by atomic mass is 10.1. The standard InChI is InChI=1S/C47H33N3/c1-32-21-24-35(25-22-32)48(36-27-29-37(30-28-36)49-42-16-7-4-13-39(42)40-14-5-8-17-43(40)49)45-19-10-20-46-47(45)41-15-6-9-18-44(41)50(46)38-26-23-33-11-2-3-12-34(33)31-38/h2-31H,1H3. The number of hydrogen-bond donors (Lipinski definition) is 0. The molecule has 0 N–H and O–H groups in total. The predicted molar refractivity (Wildman–Crippen MR) is 212 cm³/mol. The van der Waals surface area contributed by atoms with Crippen LogP contribution in [0.5, 0.6) is 0 Å². The molecule has 10 rings (SSSR count). The van der Waals surface area contributed by atoms with E-state index in [4.69, 9.17) is 0 Å². The number of para-hydroxylation sites is 3. The van der Waals surface area contributed by atoms with E-state index in [0.29, 0.717) is 0 Å². The molecule has 0 amide bonds. The maximum absolute atomic E-state index is 2.42. The molecule has 8 aromatic carbocycles. The molecule has 0 radical (unpaired) electrons. The maximum Gasteiger partial charge on any atom is 0.0562 e. The molecular formula is C47H33N3. The lowest BCUT2D eigenvalue weighted by molar-refractivity contribution is 1.17. The Hall–Kier alpha value is -6.58. The van der Waals surface area contributed by atoms with Gasteiger partial charge in [0.1, 0.15) is 0 Å². The van der Waals surface area contributed by atoms with E-state index < -0.39 is 0 Å². The summed E-state index contributed by atoms with van der Waals surface area (Å²) in [6.07, 6.45) is 0. The molecule has 0 saturated carbocycles. The molecule has 0 aliphatic carbocycles. The Morgan fingerprint density at radius 1 is 0.380 bits per heavy atom. The maximum atomic E-state index is 2.42. The molecule has 0 spiro atoms. The van der Waals surface area contributed by atoms with Crippen LogP contribution in [0, 0.1) is 6.92 Å². The second kappa shape index (κ2) is 11.3. The molecule has 0 saturated heterocycles. The fourth-order valence-electron chi connectivity index (χ4n) is 7.85. The van der Waals surface area contributed by atoms with Gasteiger partial charge in [0.2, 0.25) is 0 Å². The summed E-state index contributed by atoms with van der Waals surface area (Å²) in [7, 11) is 0. The van der Waals surface area contributed by atoms with Crippen molar-refractivity contribution in [1.29, 1.82) is 0 Å². The van der Waals surface area contributed by atoms with Crippen molar-refractivity contribution in [3.05, 3.63) is 188 Å². The molecule has 3 heteroatoms. The van der Waals surface area contributed by atoms with Crippen LogP contribution in [0.3, 0.4) is 0 Å². The molecule has 0 atom stereocenters. The number of nitrogens with zero attached hydrogens (tertiary/aromatic N) is 3. The van der Waals surface area contributed by atoms with E-state index in [9.17, 15) is 0 Å². The van der Waals surface area contributed by atoms with E-state index >= 15 is 0 Å². The van der Waals surface area contributed by atoms with E-state index in [0.717, 1.165) is 28.4 Å². The number of hydrogen-bond acceptors (Lipinski definition) is 1. The lowest BCUT2D eigenvalue weighted by Gasteiger charge is -2.27. The largest absolute Gasteiger partial charge is 0.310 e. The van der Waals surface area contributed by atoms with Crippen molar-refractivity contribution in [2.45, 2.75) is 6.92 Å². The highest BCUT2D eigenvalue weighted by Crippen LogP contribution is 2.44. The summed E-state index contributed by atoms with van der Waals surface area (Å²) in [5, 5.41) is 7.46. The summed E-state index contributed by atoms with van der Waals surface area (Å²) in [5.74, 6) is 0. The fraction of sp³-hybridized carbons (Fsp3) is 0.0213. The van der Waals surface area contributed by atoms with Gasteiger partial charge in [-0.1, -0.05) is 109 Å². The summed E-state index contributed by atoms with van der Waals surface area (Å²) in [4.78, 5) is 2.41. The summed E-state index contributed by atoms with van der Waals surface area (Å²) < 4.78 is 4.79. The zero-order valence-electron chi connectivity index (χ0n) is 27.7. The van der Waals surface area contributed by atoms with Crippen LogP contribution in [0.1, 0.15) is 5.56 Å². The summed E-state index contributed by atoms with van der Waals surface area (Å²) in [5.41, 5.74) is 11.7. The highest BCUT2D eigenvalue weighted by Gasteiger charge is 2.21. The van der Waals surface area contributed by atoms with Crippen LogP contribution in [-0.4, -0.2) is 9.13 Å². The molecule has 0 aliphatic rings. The Kier molecular flexibility index (Phi) is 6.40. The van der Waals surface area contributed by atoms with E-state index in [1.54, 1.807) is 0 Å². The van der Waals surface area contributed by atoms with Crippen molar-refractivity contribution in [3.8, 4) is 11.4 Å². The number of aryl methyl sites for hydroxylation is 1. The first-order chi connectivity index (χ1) is 24.7. The van der Waals surface area contributed by atoms with Gasteiger partial charge in [0.25, 0.3) is 0 Å². The average Bonchev–Trinajstić information content (AvgIpc) is 3.69. The molecule has 0 aliphatic heterocycles. The lowest BCUT2D eigenvalue weighted by Crippen LogP contribution is -2.10. The van der Waals surface area contributed by atoms with Gasteiger partial charge in [0.15, 0.2) is 0 Å². The Morgan fingerprint density at radius 2 is 0.880 bits per heavy atom. The normalized spacial score (nSPS) is 11.7. The van der Waals surface area contributed by atoms with Gasteiger partial charge in [-0.25, -0.2) is 0 Å². The second-order valence-corrected chi connectivity index (χ2v) is 13.1. The monoisotopic (exact) mass is 639 g/mol. The van der Waals surface area contributed by atoms with Gasteiger partial charge >= 0.3 is 0 Å². The first-order valence-electron chi connectivity index (χ1n) is 17.2. The number of aromatic nitrogens is 2. The summed E-state index contributed by atoms with van der Waals surface area (Å²) in [6, 6.07) is 66.2. The van der Waals surface area contributed by atoms with Crippen molar-refractivity contribution < 1.29 is 0 Å². The van der Waals surface area contributed by atoms with Crippen LogP contribution in [0.15, 0.2) is 182 Å². The van der Waals surface area contributed by atoms with Crippen molar-refractivity contribution >= 4 is 71.4 Å². The second-order valence-electron chi connectivity index (χ2n) is 13.1. The summed E-state index contributed by atoms with van der Waals surface area (Å²) >= 11 is 0. The molecule has 236 valence electrons. The molecular weight excluding hydrogens is 607 g/mol. The minimum absolute atomic E-state index is 1.11. The third kappa shape index (κ3) is 4.37. The molecule has 50 heavy (non-hydrogen) atoms. The average molecular weight is 640 g/mol. The van der Waals surface area contributed by atoms with Gasteiger partial charge < -0.3 is 14.0 Å². The Balaban J connectivity index is 1.19. The molecule has 0 fully saturated rings. The first kappa shape index (κ1) is 28.4. The fourth-order valence-corrected chi connectivity index (χ4v) is 7.85. The van der Waals surface area contributed by atoms with Gasteiger partial charge in [-0.05, 0) is 96.6 Å². The van der Waals surface area contributed by atoms with Crippen molar-refractivity contribution in [2.24, 2.45) is 0 Å². The Labute approximate surface area is 290 Å². The van der Waals surface area contributed by atoms with Crippen LogP contribution < -0.4 is 4.90 Å². The molecule has 0 bridgehead atoms. The quantitative estimate of drug-likeness (QED) is 0.183. The third-order valence-electron chi connectivity index (χ3n) is 10.1. The van der Waals surface area contributed by atoms with Crippen molar-refractivity contribution in [2.75, 3.05) is 4.90 Å². The smallest absolute Gasteiger partial charge is 0.0562 e.